The molecule has 0 radical (unpaired) electrons. The van der Waals surface area contributed by atoms with E-state index in [1.807, 2.05) is 6.92 Å². The second-order valence-electron chi connectivity index (χ2n) is 4.70. The van der Waals surface area contributed by atoms with Gasteiger partial charge in [-0.25, -0.2) is 13.6 Å². The number of thiophene rings is 1. The molecular weight excluding hydrogens is 300 g/mol. The number of carbonyl (C=O) groups excluding carboxylic acids is 1. The molecule has 112 valence electrons. The van der Waals surface area contributed by atoms with Gasteiger partial charge in [0.1, 0.15) is 4.21 Å². The van der Waals surface area contributed by atoms with Crippen molar-refractivity contribution < 1.29 is 17.9 Å². The third-order valence-corrected chi connectivity index (χ3v) is 5.83. The standard InChI is InChI=1S/C12H18N2O4S2/c1-2-10-9(5-6-18-10)12(15)14-7-8-3-4-11(19-8)20(13,16)17/h3-4,9-10H,2,5-7H2,1H3,(H,14,15)(H2,13,16,17). The van der Waals surface area contributed by atoms with Crippen molar-refractivity contribution in [2.75, 3.05) is 6.61 Å². The van der Waals surface area contributed by atoms with Crippen LogP contribution in [-0.2, 0) is 26.1 Å². The number of ether oxygens (including phenoxy) is 1. The third-order valence-electron chi connectivity index (χ3n) is 3.30. The molecular formula is C12H18N2O4S2. The topological polar surface area (TPSA) is 98.5 Å². The van der Waals surface area contributed by atoms with Crippen molar-refractivity contribution in [1.82, 2.24) is 5.32 Å². The molecule has 2 heterocycles. The van der Waals surface area contributed by atoms with Crippen LogP contribution >= 0.6 is 11.3 Å². The Balaban J connectivity index is 1.92. The predicted molar refractivity (Wildman–Crippen MR) is 75.7 cm³/mol. The fraction of sp³-hybridized carbons (Fsp3) is 0.583. The van der Waals surface area contributed by atoms with Gasteiger partial charge in [0.15, 0.2) is 0 Å². The molecule has 2 atom stereocenters. The minimum Gasteiger partial charge on any atom is -0.377 e. The molecule has 3 N–H and O–H groups in total. The minimum absolute atomic E-state index is 0.0154. The van der Waals surface area contributed by atoms with Crippen molar-refractivity contribution in [2.24, 2.45) is 11.1 Å². The van der Waals surface area contributed by atoms with Crippen LogP contribution in [0.15, 0.2) is 16.3 Å². The summed E-state index contributed by atoms with van der Waals surface area (Å²) in [5.74, 6) is -0.155. The van der Waals surface area contributed by atoms with Gasteiger partial charge in [-0.3, -0.25) is 4.79 Å². The molecule has 6 nitrogen and oxygen atoms in total. The van der Waals surface area contributed by atoms with Crippen LogP contribution in [0.2, 0.25) is 0 Å². The van der Waals surface area contributed by atoms with Crippen LogP contribution in [-0.4, -0.2) is 27.0 Å². The first-order valence-corrected chi connectivity index (χ1v) is 8.79. The van der Waals surface area contributed by atoms with Gasteiger partial charge in [0.25, 0.3) is 0 Å². The van der Waals surface area contributed by atoms with Crippen molar-refractivity contribution in [3.05, 3.63) is 17.0 Å². The normalized spacial score (nSPS) is 22.9. The second kappa shape index (κ2) is 6.21. The van der Waals surface area contributed by atoms with E-state index in [1.165, 1.54) is 6.07 Å². The monoisotopic (exact) mass is 318 g/mol. The summed E-state index contributed by atoms with van der Waals surface area (Å²) in [5.41, 5.74) is 0. The lowest BCUT2D eigenvalue weighted by Gasteiger charge is -2.16. The Kier molecular flexibility index (Phi) is 4.79. The molecule has 1 aromatic rings. The molecule has 20 heavy (non-hydrogen) atoms. The summed E-state index contributed by atoms with van der Waals surface area (Å²) in [6.07, 6.45) is 1.53. The van der Waals surface area contributed by atoms with Gasteiger partial charge in [-0.1, -0.05) is 6.92 Å². The number of primary sulfonamides is 1. The van der Waals surface area contributed by atoms with Gasteiger partial charge in [-0.2, -0.15) is 0 Å². The maximum absolute atomic E-state index is 12.1. The average Bonchev–Trinajstić information content (AvgIpc) is 3.03. The van der Waals surface area contributed by atoms with Crippen LogP contribution in [0.1, 0.15) is 24.6 Å². The van der Waals surface area contributed by atoms with Crippen LogP contribution in [0, 0.1) is 5.92 Å². The van der Waals surface area contributed by atoms with E-state index >= 15 is 0 Å². The second-order valence-corrected chi connectivity index (χ2v) is 7.65. The highest BCUT2D eigenvalue weighted by Gasteiger charge is 2.32. The lowest BCUT2D eigenvalue weighted by atomic mass is 9.99. The predicted octanol–water partition coefficient (Wildman–Crippen LogP) is 0.827. The number of hydrogen-bond acceptors (Lipinski definition) is 5. The molecule has 0 saturated carbocycles. The quantitative estimate of drug-likeness (QED) is 0.840. The van der Waals surface area contributed by atoms with Crippen LogP contribution < -0.4 is 10.5 Å². The van der Waals surface area contributed by atoms with E-state index < -0.39 is 10.0 Å². The zero-order chi connectivity index (χ0) is 14.8. The van der Waals surface area contributed by atoms with Gasteiger partial charge in [-0.15, -0.1) is 11.3 Å². The molecule has 1 aromatic heterocycles. The molecule has 2 rings (SSSR count). The molecule has 0 aliphatic carbocycles. The summed E-state index contributed by atoms with van der Waals surface area (Å²) in [4.78, 5) is 12.8. The number of nitrogens with one attached hydrogen (secondary N) is 1. The number of carbonyl (C=O) groups is 1. The minimum atomic E-state index is -3.66. The van der Waals surface area contributed by atoms with Gasteiger partial charge in [0.05, 0.1) is 18.6 Å². The molecule has 1 amide bonds. The van der Waals surface area contributed by atoms with Gasteiger partial charge in [-0.05, 0) is 25.0 Å². The summed E-state index contributed by atoms with van der Waals surface area (Å²) in [5, 5.41) is 7.87. The van der Waals surface area contributed by atoms with Crippen LogP contribution in [0.3, 0.4) is 0 Å². The van der Waals surface area contributed by atoms with Gasteiger partial charge >= 0.3 is 0 Å². The highest BCUT2D eigenvalue weighted by Crippen LogP contribution is 2.24. The first-order valence-electron chi connectivity index (χ1n) is 6.42. The fourth-order valence-corrected chi connectivity index (χ4v) is 3.98. The summed E-state index contributed by atoms with van der Waals surface area (Å²) in [7, 11) is -3.66. The van der Waals surface area contributed by atoms with E-state index in [-0.39, 0.29) is 22.1 Å². The maximum atomic E-state index is 12.1. The van der Waals surface area contributed by atoms with E-state index in [0.717, 1.165) is 29.1 Å². The van der Waals surface area contributed by atoms with Crippen LogP contribution in [0.5, 0.6) is 0 Å². The first-order chi connectivity index (χ1) is 9.41. The molecule has 1 aliphatic heterocycles. The zero-order valence-corrected chi connectivity index (χ0v) is 12.8. The molecule has 1 saturated heterocycles. The summed E-state index contributed by atoms with van der Waals surface area (Å²) >= 11 is 1.07. The Morgan fingerprint density at radius 1 is 1.55 bits per heavy atom. The molecule has 1 aliphatic rings. The van der Waals surface area contributed by atoms with E-state index in [2.05, 4.69) is 5.32 Å². The highest BCUT2D eigenvalue weighted by atomic mass is 32.2. The molecule has 0 spiro atoms. The number of nitrogens with two attached hydrogens (primary N) is 1. The van der Waals surface area contributed by atoms with E-state index in [1.54, 1.807) is 6.07 Å². The fourth-order valence-electron chi connectivity index (χ4n) is 2.26. The van der Waals surface area contributed by atoms with Gasteiger partial charge in [0.2, 0.25) is 15.9 Å². The Morgan fingerprint density at radius 2 is 2.30 bits per heavy atom. The Morgan fingerprint density at radius 3 is 2.90 bits per heavy atom. The van der Waals surface area contributed by atoms with Gasteiger partial charge < -0.3 is 10.1 Å². The Labute approximate surface area is 122 Å². The molecule has 0 aromatic carbocycles. The molecule has 0 bridgehead atoms. The number of hydrogen-bond donors (Lipinski definition) is 2. The zero-order valence-electron chi connectivity index (χ0n) is 11.2. The number of sulfonamides is 1. The maximum Gasteiger partial charge on any atom is 0.247 e. The molecule has 1 fully saturated rings. The first kappa shape index (κ1) is 15.4. The Hall–Kier alpha value is -0.960. The number of rotatable bonds is 5. The largest absolute Gasteiger partial charge is 0.377 e. The molecule has 8 heteroatoms. The summed E-state index contributed by atoms with van der Waals surface area (Å²) < 4.78 is 27.9. The van der Waals surface area contributed by atoms with Crippen molar-refractivity contribution in [2.45, 2.75) is 36.6 Å². The SMILES string of the molecule is CCC1OCCC1C(=O)NCc1ccc(S(N)(=O)=O)s1. The highest BCUT2D eigenvalue weighted by molar-refractivity contribution is 7.91. The third kappa shape index (κ3) is 3.57. The average molecular weight is 318 g/mol. The summed E-state index contributed by atoms with van der Waals surface area (Å²) in [6.45, 7) is 2.92. The molecule has 2 unspecified atom stereocenters. The number of amides is 1. The van der Waals surface area contributed by atoms with Crippen molar-refractivity contribution >= 4 is 27.3 Å². The lowest BCUT2D eigenvalue weighted by molar-refractivity contribution is -0.126. The van der Waals surface area contributed by atoms with Crippen molar-refractivity contribution in [3.8, 4) is 0 Å². The van der Waals surface area contributed by atoms with E-state index in [4.69, 9.17) is 9.88 Å². The van der Waals surface area contributed by atoms with Gasteiger partial charge in [0, 0.05) is 11.5 Å². The van der Waals surface area contributed by atoms with Crippen LogP contribution in [0.25, 0.3) is 0 Å². The van der Waals surface area contributed by atoms with Crippen molar-refractivity contribution in [1.29, 1.82) is 0 Å². The smallest absolute Gasteiger partial charge is 0.247 e. The van der Waals surface area contributed by atoms with E-state index in [9.17, 15) is 13.2 Å². The van der Waals surface area contributed by atoms with Crippen LogP contribution in [0.4, 0.5) is 0 Å². The lowest BCUT2D eigenvalue weighted by Crippen LogP contribution is -2.34. The summed E-state index contributed by atoms with van der Waals surface area (Å²) in [6, 6.07) is 3.11. The Bertz CT molecular complexity index is 582. The van der Waals surface area contributed by atoms with Crippen molar-refractivity contribution in [3.63, 3.8) is 0 Å². The van der Waals surface area contributed by atoms with E-state index in [0.29, 0.717) is 13.2 Å².